The highest BCUT2D eigenvalue weighted by molar-refractivity contribution is 9.10. The zero-order valence-electron chi connectivity index (χ0n) is 30.2. The van der Waals surface area contributed by atoms with Crippen LogP contribution in [0.4, 0.5) is 17.1 Å². The van der Waals surface area contributed by atoms with Gasteiger partial charge in [0.25, 0.3) is 0 Å². The Bertz CT molecular complexity index is 2870. The summed E-state index contributed by atoms with van der Waals surface area (Å²) in [6.07, 6.45) is 0. The van der Waals surface area contributed by atoms with Crippen molar-refractivity contribution in [3.05, 3.63) is 223 Å². The molecule has 0 saturated heterocycles. The molecule has 0 aliphatic heterocycles. The van der Waals surface area contributed by atoms with Crippen molar-refractivity contribution in [2.24, 2.45) is 0 Å². The minimum absolute atomic E-state index is 0.807. The highest BCUT2D eigenvalue weighted by atomic mass is 79.9. The van der Waals surface area contributed by atoms with Gasteiger partial charge in [-0.15, -0.1) is 0 Å². The van der Waals surface area contributed by atoms with E-state index in [9.17, 15) is 0 Å². The molecule has 0 spiro atoms. The van der Waals surface area contributed by atoms with Crippen LogP contribution in [0.1, 0.15) is 0 Å². The van der Waals surface area contributed by atoms with Gasteiger partial charge in [0.1, 0.15) is 0 Å². The molecule has 10 aromatic carbocycles. The lowest BCUT2D eigenvalue weighted by molar-refractivity contribution is 1.56. The third kappa shape index (κ3) is 8.13. The van der Waals surface area contributed by atoms with E-state index in [0.29, 0.717) is 0 Å². The van der Waals surface area contributed by atoms with E-state index >= 15 is 0 Å². The van der Waals surface area contributed by atoms with Gasteiger partial charge in [-0.1, -0.05) is 198 Å². The van der Waals surface area contributed by atoms with E-state index in [-0.39, 0.29) is 0 Å². The highest BCUT2D eigenvalue weighted by Gasteiger charge is 2.08. The summed E-state index contributed by atoms with van der Waals surface area (Å²) in [5, 5.41) is 13.9. The van der Waals surface area contributed by atoms with Crippen molar-refractivity contribution in [1.82, 2.24) is 0 Å². The first-order valence-electron chi connectivity index (χ1n) is 18.4. The fourth-order valence-electron chi connectivity index (χ4n) is 7.08. The summed E-state index contributed by atoms with van der Waals surface area (Å²) in [5.74, 6) is 0. The van der Waals surface area contributed by atoms with Crippen molar-refractivity contribution in [3.63, 3.8) is 0 Å². The molecule has 3 heteroatoms. The number of hydrogen-bond donors (Lipinski definition) is 2. The largest absolute Gasteiger partial charge is 0.399 e. The number of benzene rings is 10. The summed E-state index contributed by atoms with van der Waals surface area (Å²) in [4.78, 5) is 0. The molecule has 0 fully saturated rings. The summed E-state index contributed by atoms with van der Waals surface area (Å²) in [6.45, 7) is 0. The minimum atomic E-state index is 0.807. The molecule has 55 heavy (non-hydrogen) atoms. The van der Waals surface area contributed by atoms with E-state index < -0.39 is 0 Å². The first kappa shape index (κ1) is 35.4. The van der Waals surface area contributed by atoms with Gasteiger partial charge in [-0.3, -0.25) is 0 Å². The first-order valence-corrected chi connectivity index (χ1v) is 19.2. The Balaban J connectivity index is 0.000000129. The van der Waals surface area contributed by atoms with Gasteiger partial charge < -0.3 is 11.1 Å². The predicted octanol–water partition coefficient (Wildman–Crippen LogP) is 15.1. The summed E-state index contributed by atoms with van der Waals surface area (Å²) < 4.78 is 1.16. The Hall–Kier alpha value is -6.68. The van der Waals surface area contributed by atoms with Crippen molar-refractivity contribution < 1.29 is 0 Å². The smallest absolute Gasteiger partial charge is 0.0470 e. The molecular formula is C52H39BrN2. The maximum Gasteiger partial charge on any atom is 0.0470 e. The number of halogens is 1. The lowest BCUT2D eigenvalue weighted by Gasteiger charge is -2.14. The number of nitrogen functional groups attached to an aromatic ring is 1. The van der Waals surface area contributed by atoms with Gasteiger partial charge in [0.2, 0.25) is 0 Å². The fraction of sp³-hybridized carbons (Fsp3) is 0. The van der Waals surface area contributed by atoms with Gasteiger partial charge >= 0.3 is 0 Å². The van der Waals surface area contributed by atoms with E-state index in [0.717, 1.165) is 21.5 Å². The lowest BCUT2D eigenvalue weighted by atomic mass is 10.00. The van der Waals surface area contributed by atoms with Crippen LogP contribution >= 0.6 is 15.9 Å². The molecule has 0 amide bonds. The number of fused-ring (bicyclic) bond motifs is 6. The zero-order chi connectivity index (χ0) is 37.4. The Kier molecular flexibility index (Phi) is 10.6. The average molecular weight is 772 g/mol. The summed E-state index contributed by atoms with van der Waals surface area (Å²) in [6, 6.07) is 75.7. The van der Waals surface area contributed by atoms with Crippen LogP contribution in [0.25, 0.3) is 65.3 Å². The zero-order valence-corrected chi connectivity index (χ0v) is 31.8. The van der Waals surface area contributed by atoms with Gasteiger partial charge in [0, 0.05) is 26.9 Å². The van der Waals surface area contributed by atoms with Gasteiger partial charge in [0.15, 0.2) is 0 Å². The Labute approximate surface area is 330 Å². The van der Waals surface area contributed by atoms with E-state index in [1.54, 1.807) is 0 Å². The monoisotopic (exact) mass is 770 g/mol. The molecule has 2 nitrogen and oxygen atoms in total. The Morgan fingerprint density at radius 2 is 0.764 bits per heavy atom. The molecule has 10 aromatic rings. The fourth-order valence-corrected chi connectivity index (χ4v) is 7.67. The third-order valence-corrected chi connectivity index (χ3v) is 10.4. The van der Waals surface area contributed by atoms with E-state index in [1.807, 2.05) is 42.5 Å². The molecule has 0 atom stereocenters. The summed E-state index contributed by atoms with van der Waals surface area (Å²) >= 11 is 3.62. The maximum atomic E-state index is 5.70. The average Bonchev–Trinajstić information content (AvgIpc) is 3.25. The molecule has 0 aromatic heterocycles. The lowest BCUT2D eigenvalue weighted by Crippen LogP contribution is -1.93. The molecule has 0 bridgehead atoms. The molecule has 0 unspecified atom stereocenters. The molecule has 0 radical (unpaired) electrons. The second-order valence-electron chi connectivity index (χ2n) is 13.4. The van der Waals surface area contributed by atoms with Crippen LogP contribution in [0, 0.1) is 0 Å². The topological polar surface area (TPSA) is 38.0 Å². The minimum Gasteiger partial charge on any atom is -0.399 e. The molecule has 0 aliphatic carbocycles. The van der Waals surface area contributed by atoms with Crippen LogP contribution in [0.15, 0.2) is 223 Å². The van der Waals surface area contributed by atoms with Gasteiger partial charge in [-0.2, -0.15) is 0 Å². The molecule has 3 N–H and O–H groups in total. The van der Waals surface area contributed by atoms with Gasteiger partial charge in [-0.25, -0.2) is 0 Å². The number of rotatable bonds is 4. The normalized spacial score (nSPS) is 10.7. The quantitative estimate of drug-likeness (QED) is 0.138. The second-order valence-corrected chi connectivity index (χ2v) is 14.2. The van der Waals surface area contributed by atoms with Crippen LogP contribution in [0.3, 0.4) is 0 Å². The van der Waals surface area contributed by atoms with Crippen LogP contribution < -0.4 is 11.1 Å². The molecule has 264 valence electrons. The maximum absolute atomic E-state index is 5.70. The van der Waals surface area contributed by atoms with Crippen molar-refractivity contribution in [2.45, 2.75) is 0 Å². The summed E-state index contributed by atoms with van der Waals surface area (Å²) in [7, 11) is 0. The molecule has 0 saturated carbocycles. The van der Waals surface area contributed by atoms with Crippen molar-refractivity contribution in [2.75, 3.05) is 11.1 Å². The molecule has 10 rings (SSSR count). The van der Waals surface area contributed by atoms with E-state index in [4.69, 9.17) is 5.73 Å². The van der Waals surface area contributed by atoms with Crippen LogP contribution in [-0.2, 0) is 0 Å². The SMILES string of the molecule is Brc1cc2ccccc2c2ccccc12.Nc1cccc(-c2ccccc2)c1.c1ccc(-c2cccc(Nc3cc4ccccc4c4ccccc34)c2)cc1. The van der Waals surface area contributed by atoms with Crippen LogP contribution in [0.5, 0.6) is 0 Å². The van der Waals surface area contributed by atoms with Crippen LogP contribution in [-0.4, -0.2) is 0 Å². The van der Waals surface area contributed by atoms with Crippen molar-refractivity contribution >= 4 is 76.1 Å². The van der Waals surface area contributed by atoms with Gasteiger partial charge in [-0.05, 0) is 96.4 Å². The Morgan fingerprint density at radius 3 is 1.36 bits per heavy atom. The Morgan fingerprint density at radius 1 is 0.327 bits per heavy atom. The highest BCUT2D eigenvalue weighted by Crippen LogP contribution is 2.35. The first-order chi connectivity index (χ1) is 27.1. The van der Waals surface area contributed by atoms with Crippen molar-refractivity contribution in [1.29, 1.82) is 0 Å². The third-order valence-electron chi connectivity index (χ3n) is 9.73. The number of nitrogens with two attached hydrogens (primary N) is 1. The van der Waals surface area contributed by atoms with Gasteiger partial charge in [0.05, 0.1) is 0 Å². The molecule has 0 heterocycles. The van der Waals surface area contributed by atoms with E-state index in [2.05, 4.69) is 197 Å². The number of anilines is 3. The molecular weight excluding hydrogens is 732 g/mol. The number of hydrogen-bond acceptors (Lipinski definition) is 2. The van der Waals surface area contributed by atoms with E-state index in [1.165, 1.54) is 65.3 Å². The second kappa shape index (κ2) is 16.6. The van der Waals surface area contributed by atoms with Crippen molar-refractivity contribution in [3.8, 4) is 22.3 Å². The standard InChI is InChI=1S/C26H19N.C14H9Br.C12H11N/c1-2-9-19(10-3-1)20-12-8-13-22(17-20)27-26-18-21-11-4-5-14-23(21)24-15-6-7-16-25(24)26;15-14-9-10-5-1-2-6-11(10)12-7-3-4-8-13(12)14;13-12-8-4-7-11(9-12)10-5-2-1-3-6-10/h1-18,27H;1-9H;1-9H,13H2. The number of nitrogens with one attached hydrogen (secondary N) is 1. The van der Waals surface area contributed by atoms with Crippen LogP contribution in [0.2, 0.25) is 0 Å². The predicted molar refractivity (Wildman–Crippen MR) is 242 cm³/mol. The summed E-state index contributed by atoms with van der Waals surface area (Å²) in [5.41, 5.74) is 13.5. The molecule has 0 aliphatic rings.